The maximum absolute atomic E-state index is 13.7. The van der Waals surface area contributed by atoms with E-state index in [0.29, 0.717) is 103 Å². The lowest BCUT2D eigenvalue weighted by atomic mass is 10.1. The molecule has 11 N–H and O–H groups in total. The van der Waals surface area contributed by atoms with Gasteiger partial charge in [0.05, 0.1) is 111 Å². The van der Waals surface area contributed by atoms with E-state index in [1.54, 1.807) is 76.6 Å². The molecule has 9 aromatic heterocycles. The Balaban J connectivity index is 0.000000164. The number of carbonyl (C=O) groups excluding carboxylic acids is 3. The third-order valence-electron chi connectivity index (χ3n) is 18.2. The van der Waals surface area contributed by atoms with Gasteiger partial charge in [0.25, 0.3) is 17.7 Å². The zero-order valence-corrected chi connectivity index (χ0v) is 65.0. The van der Waals surface area contributed by atoms with E-state index in [4.69, 9.17) is 76.1 Å². The van der Waals surface area contributed by atoms with Crippen molar-refractivity contribution in [2.75, 3.05) is 99.2 Å². The summed E-state index contributed by atoms with van der Waals surface area (Å²) in [5.74, 6) is 20.8. The predicted octanol–water partition coefficient (Wildman–Crippen LogP) is 9.99. The molecule has 0 aromatic carbocycles. The van der Waals surface area contributed by atoms with Gasteiger partial charge in [0.1, 0.15) is 32.7 Å². The Morgan fingerprint density at radius 3 is 1.20 bits per heavy atom. The van der Waals surface area contributed by atoms with Gasteiger partial charge >= 0.3 is 0 Å². The summed E-state index contributed by atoms with van der Waals surface area (Å²) in [5.41, 5.74) is 31.7. The van der Waals surface area contributed by atoms with Crippen molar-refractivity contribution in [3.05, 3.63) is 172 Å². The Morgan fingerprint density at radius 2 is 0.873 bits per heavy atom. The van der Waals surface area contributed by atoms with Gasteiger partial charge in [-0.05, 0) is 78.0 Å². The number of amides is 3. The summed E-state index contributed by atoms with van der Waals surface area (Å²) in [7, 11) is 4.83. The first-order chi connectivity index (χ1) is 52.9. The molecule has 110 heavy (non-hydrogen) atoms. The topological polar surface area (TPSA) is 375 Å². The molecule has 4 aliphatic heterocycles. The second-order valence-electron chi connectivity index (χ2n) is 26.2. The van der Waals surface area contributed by atoms with Gasteiger partial charge in [-0.1, -0.05) is 84.2 Å². The molecule has 0 spiro atoms. The van der Waals surface area contributed by atoms with E-state index in [0.717, 1.165) is 114 Å². The van der Waals surface area contributed by atoms with Gasteiger partial charge in [0.15, 0.2) is 17.5 Å². The first-order valence-electron chi connectivity index (χ1n) is 35.1. The molecule has 1 saturated heterocycles. The van der Waals surface area contributed by atoms with E-state index < -0.39 is 0 Å². The highest BCUT2D eigenvalue weighted by Gasteiger charge is 2.41. The Morgan fingerprint density at radius 1 is 0.536 bits per heavy atom. The number of ether oxygens (including phenoxy) is 4. The molecule has 28 nitrogen and oxygen atoms in total. The van der Waals surface area contributed by atoms with Crippen LogP contribution in [0.25, 0.3) is 34.9 Å². The molecule has 0 saturated carbocycles. The molecule has 0 radical (unpaired) electrons. The molecule has 0 atom stereocenters. The molecular weight excluding hydrogens is 1460 g/mol. The molecule has 568 valence electrons. The molecule has 0 unspecified atom stereocenters. The minimum atomic E-state index is -0.306. The number of methoxy groups -OCH3 is 3. The monoisotopic (exact) mass is 1540 g/mol. The van der Waals surface area contributed by atoms with Crippen molar-refractivity contribution in [1.29, 1.82) is 0 Å². The van der Waals surface area contributed by atoms with Gasteiger partial charge in [-0.25, -0.2) is 15.0 Å². The number of H-pyrrole nitrogens is 3. The van der Waals surface area contributed by atoms with E-state index >= 15 is 0 Å². The van der Waals surface area contributed by atoms with Crippen LogP contribution < -0.4 is 51.4 Å². The summed E-state index contributed by atoms with van der Waals surface area (Å²) in [4.78, 5) is 96.1. The molecular formula is C79H83Cl3N20O8. The maximum atomic E-state index is 13.7. The van der Waals surface area contributed by atoms with E-state index in [-0.39, 0.29) is 77.3 Å². The summed E-state index contributed by atoms with van der Waals surface area (Å²) in [6, 6.07) is 6.01. The lowest BCUT2D eigenvalue weighted by molar-refractivity contribution is -0.113. The molecule has 13 rings (SSSR count). The minimum absolute atomic E-state index is 0.00172. The molecule has 3 amide bonds. The summed E-state index contributed by atoms with van der Waals surface area (Å²) < 4.78 is 22.0. The van der Waals surface area contributed by atoms with Gasteiger partial charge in [0.2, 0.25) is 17.8 Å². The average Bonchev–Trinajstić information content (AvgIpc) is 1.61. The molecule has 0 aliphatic carbocycles. The highest BCUT2D eigenvalue weighted by atomic mass is 35.5. The fourth-order valence-corrected chi connectivity index (χ4v) is 13.6. The van der Waals surface area contributed by atoms with Gasteiger partial charge in [-0.15, -0.1) is 0 Å². The number of pyridine rings is 3. The molecule has 13 heterocycles. The Kier molecular flexibility index (Phi) is 25.7. The normalized spacial score (nSPS) is 14.7. The van der Waals surface area contributed by atoms with Gasteiger partial charge in [-0.2, -0.15) is 15.0 Å². The number of anilines is 6. The highest BCUT2D eigenvalue weighted by molar-refractivity contribution is 6.43. The van der Waals surface area contributed by atoms with E-state index in [2.05, 4.69) is 119 Å². The number of nitrogens with one attached hydrogen (secondary N) is 4. The van der Waals surface area contributed by atoms with Crippen LogP contribution in [-0.4, -0.2) is 161 Å². The van der Waals surface area contributed by atoms with Crippen LogP contribution in [0, 0.1) is 77.1 Å². The van der Waals surface area contributed by atoms with Crippen molar-refractivity contribution in [3.8, 4) is 52.8 Å². The maximum Gasteiger partial charge on any atom is 0.260 e. The van der Waals surface area contributed by atoms with E-state index in [1.807, 2.05) is 59.9 Å². The highest BCUT2D eigenvalue weighted by Crippen LogP contribution is 2.45. The van der Waals surface area contributed by atoms with Crippen molar-refractivity contribution in [3.63, 3.8) is 0 Å². The number of nitrogens with zero attached hydrogens (tertiary/aromatic N) is 13. The lowest BCUT2D eigenvalue weighted by Crippen LogP contribution is -2.36. The number of nitrogen functional groups attached to an aromatic ring is 3. The first kappa shape index (κ1) is 79.4. The zero-order valence-electron chi connectivity index (χ0n) is 62.7. The summed E-state index contributed by atoms with van der Waals surface area (Å²) in [6.45, 7) is 21.4. The van der Waals surface area contributed by atoms with Crippen LogP contribution in [-0.2, 0) is 38.8 Å². The molecule has 31 heteroatoms. The van der Waals surface area contributed by atoms with Crippen molar-refractivity contribution in [2.24, 2.45) is 0 Å². The van der Waals surface area contributed by atoms with Crippen molar-refractivity contribution in [2.45, 2.75) is 100 Å². The summed E-state index contributed by atoms with van der Waals surface area (Å²) in [5, 5.41) is 12.5. The van der Waals surface area contributed by atoms with Crippen molar-refractivity contribution < 1.29 is 38.4 Å². The molecule has 0 bridgehead atoms. The number of nitrogens with two attached hydrogens (primary N) is 3. The third kappa shape index (κ3) is 18.0. The number of fused-ring (bicyclic) bond motifs is 3. The number of aliphatic hydroxyl groups excluding tert-OH is 1. The lowest BCUT2D eigenvalue weighted by Gasteiger charge is -2.25. The summed E-state index contributed by atoms with van der Waals surface area (Å²) in [6.07, 6.45) is 17.5. The number of halogens is 3. The fourth-order valence-electron chi connectivity index (χ4n) is 12.8. The summed E-state index contributed by atoms with van der Waals surface area (Å²) >= 11 is 19.4. The van der Waals surface area contributed by atoms with Crippen LogP contribution in [0.2, 0.25) is 15.5 Å². The van der Waals surface area contributed by atoms with E-state index in [1.165, 1.54) is 14.7 Å². The van der Waals surface area contributed by atoms with Crippen LogP contribution in [0.3, 0.4) is 0 Å². The predicted molar refractivity (Wildman–Crippen MR) is 427 cm³/mol. The number of hydrogen-bond acceptors (Lipinski definition) is 22. The number of morpholine rings is 1. The Bertz CT molecular complexity index is 5330. The number of rotatable bonds is 18. The number of aromatic nitrogens is 12. The second kappa shape index (κ2) is 35.6. The Labute approximate surface area is 651 Å². The minimum Gasteiger partial charge on any atom is -0.496 e. The van der Waals surface area contributed by atoms with Crippen LogP contribution in [0.15, 0.2) is 55.4 Å². The van der Waals surface area contributed by atoms with Crippen molar-refractivity contribution in [1.82, 2.24) is 70.0 Å². The van der Waals surface area contributed by atoms with Crippen molar-refractivity contribution >= 4 is 123 Å². The van der Waals surface area contributed by atoms with E-state index in [9.17, 15) is 14.4 Å². The third-order valence-corrected chi connectivity index (χ3v) is 19.0. The number of aromatic amines is 3. The molecule has 4 aliphatic rings. The number of hydrogen-bond donors (Lipinski definition) is 8. The Hall–Kier alpha value is -11.7. The number of aliphatic hydroxyl groups is 1. The first-order valence-corrected chi connectivity index (χ1v) is 36.3. The van der Waals surface area contributed by atoms with Crippen LogP contribution in [0.5, 0.6) is 17.2 Å². The molecule has 9 aromatic rings. The fraction of sp³-hybridized carbons (Fsp3) is 0.316. The standard InChI is InChI=1S/C28H30ClN7O3.C27H30ClN7O2.C24H23ClN6O3/c1-17-14-32-22(18(2)24(17)38-3)16-36-26-23(25(29)33-28(30)34-26)21(27(36)37)13-20-12-19(15-31-20)6-4-5-7-35-8-10-39-11-9-35;1-15(2)30-9-7-6-8-18-10-19(31-13-18)11-20-22-24(28)33-27(29)34-25(22)35(26(20)36)14-21-17(4)23(37-5)16(3)12-32-21;1-13-10-28-18(14(2)20(13)34-3)12-31-22-19(21(25)29-24(26)30-22)17(23(31)33)9-16-8-15(11-27-16)6-4-5-7-32/h12-15,31H,5,7-11,16H2,1-3H3,(H2,30,33,34);10-13,15,30-31H,7,9,14H2,1-5H3,(H2,29,33,34);8-11,27,32H,5,7,12H2,1-3H3,(H2,26,29,30)/b21-13-;20-11-;17-9-. The second-order valence-corrected chi connectivity index (χ2v) is 27.2. The average molecular weight is 1550 g/mol. The smallest absolute Gasteiger partial charge is 0.260 e. The molecule has 1 fully saturated rings. The SMILES string of the molecule is COc1c(C)cnc(CN2C(=O)/C(=C\c3cc(C#CCCN4CCOCC4)c[nH]3)c3c(Cl)nc(N)nc32)c1C.COc1c(C)cnc(CN2C(=O)/C(=C\c3cc(C#CCCNC(C)C)c[nH]3)c3c(Cl)nc(N)nc32)c1C.COc1c(C)cnc(CN2C(=O)/C(=C\c3cc(C#CCCO)c[nH]3)c3c(Cl)nc(N)nc32)c1C. The quantitative estimate of drug-likeness (QED) is 0.0171. The van der Waals surface area contributed by atoms with Gasteiger partial charge in [-0.3, -0.25) is 48.9 Å². The van der Waals surface area contributed by atoms with Gasteiger partial charge < -0.3 is 61.5 Å². The van der Waals surface area contributed by atoms with Gasteiger partial charge in [0, 0.05) is 156 Å². The number of carbonyl (C=O) groups is 3. The zero-order chi connectivity index (χ0) is 78.6. The van der Waals surface area contributed by atoms with Crippen LogP contribution >= 0.6 is 34.8 Å². The van der Waals surface area contributed by atoms with Crippen LogP contribution in [0.1, 0.15) is 134 Å². The number of aryl methyl sites for hydroxylation is 3. The van der Waals surface area contributed by atoms with Crippen LogP contribution in [0.4, 0.5) is 35.3 Å². The largest absolute Gasteiger partial charge is 0.496 e.